The number of esters is 1. The van der Waals surface area contributed by atoms with Gasteiger partial charge in [-0.3, -0.25) is 10.1 Å². The molecule has 3 rings (SSSR count). The Morgan fingerprint density at radius 2 is 2.13 bits per heavy atom. The van der Waals surface area contributed by atoms with Crippen LogP contribution in [0.25, 0.3) is 5.65 Å². The van der Waals surface area contributed by atoms with E-state index >= 15 is 0 Å². The van der Waals surface area contributed by atoms with E-state index in [4.69, 9.17) is 16.3 Å². The lowest BCUT2D eigenvalue weighted by Gasteiger charge is -2.02. The minimum atomic E-state index is -0.649. The number of aromatic nitrogens is 2. The van der Waals surface area contributed by atoms with Crippen molar-refractivity contribution in [1.82, 2.24) is 9.38 Å². The van der Waals surface area contributed by atoms with Crippen molar-refractivity contribution in [1.29, 1.82) is 0 Å². The van der Waals surface area contributed by atoms with Gasteiger partial charge in [0, 0.05) is 24.5 Å². The summed E-state index contributed by atoms with van der Waals surface area (Å²) in [6.07, 6.45) is 3.39. The smallest absolute Gasteiger partial charge is 0.338 e. The van der Waals surface area contributed by atoms with Crippen LogP contribution in [0.4, 0.5) is 5.69 Å². The average molecular weight is 332 g/mol. The van der Waals surface area contributed by atoms with Crippen LogP contribution < -0.4 is 0 Å². The van der Waals surface area contributed by atoms with Gasteiger partial charge in [0.2, 0.25) is 0 Å². The zero-order valence-corrected chi connectivity index (χ0v) is 12.4. The van der Waals surface area contributed by atoms with Gasteiger partial charge in [-0.25, -0.2) is 9.78 Å². The number of nitrogens with zero attached hydrogens (tertiary/aromatic N) is 3. The van der Waals surface area contributed by atoms with Gasteiger partial charge in [0.1, 0.15) is 12.3 Å². The van der Waals surface area contributed by atoms with E-state index in [-0.39, 0.29) is 17.9 Å². The minimum Gasteiger partial charge on any atom is -0.456 e. The summed E-state index contributed by atoms with van der Waals surface area (Å²) in [7, 11) is 0. The average Bonchev–Trinajstić information content (AvgIpc) is 2.94. The van der Waals surface area contributed by atoms with E-state index < -0.39 is 10.9 Å². The highest BCUT2D eigenvalue weighted by atomic mass is 35.5. The highest BCUT2D eigenvalue weighted by Gasteiger charge is 2.13. The Kier molecular flexibility index (Phi) is 3.94. The maximum absolute atomic E-state index is 12.0. The molecule has 0 N–H and O–H groups in total. The number of carbonyl (C=O) groups is 1. The van der Waals surface area contributed by atoms with Crippen LogP contribution in [0.2, 0.25) is 5.02 Å². The van der Waals surface area contributed by atoms with Crippen molar-refractivity contribution in [3.8, 4) is 0 Å². The molecule has 2 aromatic heterocycles. The summed E-state index contributed by atoms with van der Waals surface area (Å²) in [6, 6.07) is 8.83. The van der Waals surface area contributed by atoms with Crippen molar-refractivity contribution in [2.24, 2.45) is 0 Å². The first-order valence-electron chi connectivity index (χ1n) is 6.57. The van der Waals surface area contributed by atoms with E-state index in [0.717, 1.165) is 0 Å². The van der Waals surface area contributed by atoms with Crippen molar-refractivity contribution >= 4 is 28.9 Å². The molecule has 0 amide bonds. The van der Waals surface area contributed by atoms with Crippen LogP contribution in [0.3, 0.4) is 0 Å². The first kappa shape index (κ1) is 15.0. The molecule has 0 saturated heterocycles. The molecule has 0 fully saturated rings. The second kappa shape index (κ2) is 6.05. The number of hydrogen-bond donors (Lipinski definition) is 0. The topological polar surface area (TPSA) is 86.7 Å². The van der Waals surface area contributed by atoms with Crippen LogP contribution in [0, 0.1) is 10.1 Å². The van der Waals surface area contributed by atoms with Gasteiger partial charge in [-0.15, -0.1) is 0 Å². The zero-order chi connectivity index (χ0) is 16.4. The van der Waals surface area contributed by atoms with E-state index in [0.29, 0.717) is 16.4 Å². The fourth-order valence-electron chi connectivity index (χ4n) is 2.06. The number of hydrogen-bond acceptors (Lipinski definition) is 5. The molecule has 23 heavy (non-hydrogen) atoms. The number of non-ortho nitro benzene ring substituents is 1. The standard InChI is InChI=1S/C15H10ClN3O4/c16-11-4-5-14-17-12(8-18(14)7-11)9-23-15(20)10-2-1-3-13(6-10)19(21)22/h1-8H,9H2. The van der Waals surface area contributed by atoms with Crippen molar-refractivity contribution in [3.63, 3.8) is 0 Å². The van der Waals surface area contributed by atoms with E-state index in [9.17, 15) is 14.9 Å². The lowest BCUT2D eigenvalue weighted by atomic mass is 10.2. The van der Waals surface area contributed by atoms with Crippen LogP contribution in [0.15, 0.2) is 48.8 Å². The molecule has 0 aliphatic heterocycles. The highest BCUT2D eigenvalue weighted by Crippen LogP contribution is 2.15. The number of fused-ring (bicyclic) bond motifs is 1. The number of carbonyl (C=O) groups excluding carboxylic acids is 1. The van der Waals surface area contributed by atoms with Gasteiger partial charge in [0.25, 0.3) is 5.69 Å². The fraction of sp³-hybridized carbons (Fsp3) is 0.0667. The van der Waals surface area contributed by atoms with Gasteiger partial charge in [0.15, 0.2) is 0 Å². The second-order valence-electron chi connectivity index (χ2n) is 4.73. The number of nitro groups is 1. The van der Waals surface area contributed by atoms with Gasteiger partial charge in [-0.05, 0) is 18.2 Å². The van der Waals surface area contributed by atoms with Gasteiger partial charge < -0.3 is 9.14 Å². The molecule has 0 radical (unpaired) electrons. The number of halogens is 1. The van der Waals surface area contributed by atoms with Gasteiger partial charge in [-0.2, -0.15) is 0 Å². The van der Waals surface area contributed by atoms with E-state index in [1.165, 1.54) is 24.3 Å². The predicted molar refractivity (Wildman–Crippen MR) is 82.4 cm³/mol. The summed E-state index contributed by atoms with van der Waals surface area (Å²) in [5, 5.41) is 11.3. The Balaban J connectivity index is 1.72. The number of pyridine rings is 1. The maximum atomic E-state index is 12.0. The molecule has 0 atom stereocenters. The summed E-state index contributed by atoms with van der Waals surface area (Å²) in [5.74, 6) is -0.649. The molecule has 3 aromatic rings. The van der Waals surface area contributed by atoms with Gasteiger partial charge in [-0.1, -0.05) is 17.7 Å². The third kappa shape index (κ3) is 3.29. The third-order valence-electron chi connectivity index (χ3n) is 3.11. The van der Waals surface area contributed by atoms with Crippen LogP contribution in [-0.4, -0.2) is 20.3 Å². The quantitative estimate of drug-likeness (QED) is 0.416. The molecule has 8 heteroatoms. The van der Waals surface area contributed by atoms with Crippen molar-refractivity contribution < 1.29 is 14.5 Å². The Labute approximate surface area is 135 Å². The molecule has 116 valence electrons. The summed E-state index contributed by atoms with van der Waals surface area (Å²) in [6.45, 7) is -0.0408. The molecule has 0 spiro atoms. The van der Waals surface area contributed by atoms with Crippen molar-refractivity contribution in [3.05, 3.63) is 75.2 Å². The highest BCUT2D eigenvalue weighted by molar-refractivity contribution is 6.30. The van der Waals surface area contributed by atoms with Crippen LogP contribution >= 0.6 is 11.6 Å². The summed E-state index contributed by atoms with van der Waals surface area (Å²) < 4.78 is 6.86. The largest absolute Gasteiger partial charge is 0.456 e. The second-order valence-corrected chi connectivity index (χ2v) is 5.17. The Bertz CT molecular complexity index is 907. The lowest BCUT2D eigenvalue weighted by Crippen LogP contribution is -2.05. The lowest BCUT2D eigenvalue weighted by molar-refractivity contribution is -0.384. The monoisotopic (exact) mass is 331 g/mol. The van der Waals surface area contributed by atoms with Crippen LogP contribution in [0.5, 0.6) is 0 Å². The number of rotatable bonds is 4. The third-order valence-corrected chi connectivity index (χ3v) is 3.33. The van der Waals surface area contributed by atoms with Gasteiger partial charge in [0.05, 0.1) is 21.2 Å². The first-order valence-corrected chi connectivity index (χ1v) is 6.95. The van der Waals surface area contributed by atoms with Gasteiger partial charge >= 0.3 is 5.97 Å². The minimum absolute atomic E-state index is 0.0408. The molecule has 0 bridgehead atoms. The summed E-state index contributed by atoms with van der Waals surface area (Å²) in [5.41, 5.74) is 1.18. The molecule has 0 saturated carbocycles. The number of ether oxygens (including phenoxy) is 1. The van der Waals surface area contributed by atoms with Crippen molar-refractivity contribution in [2.45, 2.75) is 6.61 Å². The summed E-state index contributed by atoms with van der Waals surface area (Å²) in [4.78, 5) is 26.4. The molecule has 0 unspecified atom stereocenters. The fourth-order valence-corrected chi connectivity index (χ4v) is 2.22. The zero-order valence-electron chi connectivity index (χ0n) is 11.7. The van der Waals surface area contributed by atoms with E-state index in [2.05, 4.69) is 4.98 Å². The van der Waals surface area contributed by atoms with Crippen LogP contribution in [-0.2, 0) is 11.3 Å². The Hall–Kier alpha value is -2.93. The number of benzene rings is 1. The maximum Gasteiger partial charge on any atom is 0.338 e. The molecule has 1 aromatic carbocycles. The van der Waals surface area contributed by atoms with Crippen molar-refractivity contribution in [2.75, 3.05) is 0 Å². The van der Waals surface area contributed by atoms with Crippen LogP contribution in [0.1, 0.15) is 16.1 Å². The molecular formula is C15H10ClN3O4. The molecule has 0 aliphatic rings. The molecule has 7 nitrogen and oxygen atoms in total. The molecule has 0 aliphatic carbocycles. The molecular weight excluding hydrogens is 322 g/mol. The Morgan fingerprint density at radius 1 is 1.30 bits per heavy atom. The predicted octanol–water partition coefficient (Wildman–Crippen LogP) is 3.25. The molecule has 2 heterocycles. The van der Waals surface area contributed by atoms with E-state index in [1.54, 1.807) is 28.9 Å². The Morgan fingerprint density at radius 3 is 2.91 bits per heavy atom. The first-order chi connectivity index (χ1) is 11.0. The summed E-state index contributed by atoms with van der Waals surface area (Å²) >= 11 is 5.89. The number of imidazole rings is 1. The normalized spacial score (nSPS) is 10.7. The van der Waals surface area contributed by atoms with E-state index in [1.807, 2.05) is 0 Å². The SMILES string of the molecule is O=C(OCc1cn2cc(Cl)ccc2n1)c1cccc([N+](=O)[O-])c1. The number of nitro benzene ring substituents is 1.